The van der Waals surface area contributed by atoms with Gasteiger partial charge in [-0.05, 0) is 35.7 Å². The molecule has 6 heteroatoms. The first-order valence-electron chi connectivity index (χ1n) is 8.75. The first-order chi connectivity index (χ1) is 13.1. The van der Waals surface area contributed by atoms with Crippen LogP contribution in [0.3, 0.4) is 0 Å². The molecular formula is C21H20BrN3O2. The summed E-state index contributed by atoms with van der Waals surface area (Å²) in [5, 5.41) is 7.24. The first-order valence-corrected chi connectivity index (χ1v) is 9.54. The summed E-state index contributed by atoms with van der Waals surface area (Å²) in [5.41, 5.74) is 1.95. The second-order valence-electron chi connectivity index (χ2n) is 6.19. The van der Waals surface area contributed by atoms with Crippen molar-refractivity contribution in [3.63, 3.8) is 0 Å². The molecule has 0 spiro atoms. The van der Waals surface area contributed by atoms with E-state index in [1.807, 2.05) is 61.5 Å². The fraction of sp³-hybridized carbons (Fsp3) is 0.190. The van der Waals surface area contributed by atoms with E-state index < -0.39 is 0 Å². The van der Waals surface area contributed by atoms with Crippen molar-refractivity contribution in [1.82, 2.24) is 15.1 Å². The molecule has 0 saturated carbocycles. The van der Waals surface area contributed by atoms with Crippen molar-refractivity contribution in [2.24, 2.45) is 0 Å². The minimum atomic E-state index is -0.299. The van der Waals surface area contributed by atoms with Gasteiger partial charge in [-0.15, -0.1) is 0 Å². The van der Waals surface area contributed by atoms with Crippen LogP contribution in [-0.2, 0) is 6.54 Å². The molecule has 3 aromatic rings. The third kappa shape index (κ3) is 4.92. The normalized spacial score (nSPS) is 11.8. The maximum absolute atomic E-state index is 12.7. The molecule has 1 atom stereocenters. The number of aromatic nitrogens is 2. The van der Waals surface area contributed by atoms with Crippen LogP contribution in [0, 0.1) is 0 Å². The molecule has 3 rings (SSSR count). The van der Waals surface area contributed by atoms with Crippen LogP contribution in [0.2, 0.25) is 0 Å². The molecule has 5 nitrogen and oxygen atoms in total. The molecular weight excluding hydrogens is 406 g/mol. The zero-order chi connectivity index (χ0) is 19.2. The molecule has 1 N–H and O–H groups in total. The lowest BCUT2D eigenvalue weighted by Crippen LogP contribution is -2.32. The second-order valence-corrected chi connectivity index (χ2v) is 7.10. The Kier molecular flexibility index (Phi) is 6.19. The lowest BCUT2D eigenvalue weighted by atomic mass is 10.0. The Bertz CT molecular complexity index is 969. The van der Waals surface area contributed by atoms with Gasteiger partial charge in [-0.2, -0.15) is 5.10 Å². The van der Waals surface area contributed by atoms with Crippen LogP contribution >= 0.6 is 15.9 Å². The molecule has 1 aromatic heterocycles. The van der Waals surface area contributed by atoms with Gasteiger partial charge in [0.15, 0.2) is 0 Å². The molecule has 27 heavy (non-hydrogen) atoms. The Morgan fingerprint density at radius 1 is 1.07 bits per heavy atom. The van der Waals surface area contributed by atoms with Crippen molar-refractivity contribution in [3.8, 4) is 0 Å². The number of amides is 1. The number of hydrogen-bond donors (Lipinski definition) is 1. The number of carbonyl (C=O) groups is 1. The fourth-order valence-electron chi connectivity index (χ4n) is 2.79. The van der Waals surface area contributed by atoms with E-state index >= 15 is 0 Å². The van der Waals surface area contributed by atoms with Crippen molar-refractivity contribution in [1.29, 1.82) is 0 Å². The number of halogens is 1. The predicted molar refractivity (Wildman–Crippen MR) is 109 cm³/mol. The summed E-state index contributed by atoms with van der Waals surface area (Å²) in [5.74, 6) is -0.299. The Labute approximate surface area is 166 Å². The molecule has 0 unspecified atom stereocenters. The second kappa shape index (κ2) is 8.77. The van der Waals surface area contributed by atoms with Gasteiger partial charge >= 0.3 is 0 Å². The Morgan fingerprint density at radius 3 is 2.44 bits per heavy atom. The van der Waals surface area contributed by atoms with E-state index in [-0.39, 0.29) is 23.2 Å². The highest BCUT2D eigenvalue weighted by molar-refractivity contribution is 9.10. The van der Waals surface area contributed by atoms with Crippen molar-refractivity contribution in [2.45, 2.75) is 25.9 Å². The summed E-state index contributed by atoms with van der Waals surface area (Å²) in [6.45, 7) is 2.33. The summed E-state index contributed by atoms with van der Waals surface area (Å²) in [6, 6.07) is 20.1. The molecule has 0 saturated heterocycles. The van der Waals surface area contributed by atoms with Crippen LogP contribution in [-0.4, -0.2) is 15.7 Å². The smallest absolute Gasteiger partial charge is 0.272 e. The monoisotopic (exact) mass is 425 g/mol. The van der Waals surface area contributed by atoms with Crippen LogP contribution < -0.4 is 10.9 Å². The minimum Gasteiger partial charge on any atom is -0.344 e. The number of benzene rings is 2. The molecule has 138 valence electrons. The average molecular weight is 426 g/mol. The van der Waals surface area contributed by atoms with Crippen LogP contribution in [0.5, 0.6) is 0 Å². The maximum atomic E-state index is 12.7. The third-order valence-corrected chi connectivity index (χ3v) is 4.79. The molecule has 1 amide bonds. The SMILES string of the molecule is CC[C@@H](NC(=O)c1ccc(=O)n(Cc2ccccc2)n1)c1ccc(Br)cc1. The van der Waals surface area contributed by atoms with Gasteiger partial charge in [0.25, 0.3) is 11.5 Å². The molecule has 0 aliphatic heterocycles. The number of hydrogen-bond acceptors (Lipinski definition) is 3. The predicted octanol–water partition coefficient (Wildman–Crippen LogP) is 3.94. The summed E-state index contributed by atoms with van der Waals surface area (Å²) >= 11 is 3.42. The van der Waals surface area contributed by atoms with Crippen molar-refractivity contribution >= 4 is 21.8 Å². The van der Waals surface area contributed by atoms with E-state index in [0.717, 1.165) is 22.0 Å². The molecule has 2 aromatic carbocycles. The standard InChI is InChI=1S/C21H20BrN3O2/c1-2-18(16-8-10-17(22)11-9-16)23-21(27)19-12-13-20(26)25(24-19)14-15-6-4-3-5-7-15/h3-13,18H,2,14H2,1H3,(H,23,27)/t18-/m1/s1. The Morgan fingerprint density at radius 2 is 1.78 bits per heavy atom. The molecule has 0 aliphatic rings. The summed E-state index contributed by atoms with van der Waals surface area (Å²) in [6.07, 6.45) is 0.747. The van der Waals surface area contributed by atoms with Gasteiger partial charge in [-0.1, -0.05) is 65.3 Å². The maximum Gasteiger partial charge on any atom is 0.272 e. The van der Waals surface area contributed by atoms with Crippen molar-refractivity contribution in [2.75, 3.05) is 0 Å². The van der Waals surface area contributed by atoms with Gasteiger partial charge in [-0.3, -0.25) is 9.59 Å². The summed E-state index contributed by atoms with van der Waals surface area (Å²) in [4.78, 5) is 24.8. The number of nitrogens with zero attached hydrogens (tertiary/aromatic N) is 2. The molecule has 0 radical (unpaired) electrons. The van der Waals surface area contributed by atoms with E-state index in [9.17, 15) is 9.59 Å². The molecule has 0 fully saturated rings. The van der Waals surface area contributed by atoms with E-state index in [1.54, 1.807) is 0 Å². The lowest BCUT2D eigenvalue weighted by molar-refractivity contribution is 0.0928. The summed E-state index contributed by atoms with van der Waals surface area (Å²) in [7, 11) is 0. The van der Waals surface area contributed by atoms with Gasteiger partial charge in [0.05, 0.1) is 12.6 Å². The Balaban J connectivity index is 1.79. The van der Waals surface area contributed by atoms with E-state index in [2.05, 4.69) is 26.3 Å². The highest BCUT2D eigenvalue weighted by atomic mass is 79.9. The van der Waals surface area contributed by atoms with E-state index in [4.69, 9.17) is 0 Å². The van der Waals surface area contributed by atoms with Crippen LogP contribution in [0.4, 0.5) is 0 Å². The van der Waals surface area contributed by atoms with Gasteiger partial charge in [0.1, 0.15) is 5.69 Å². The van der Waals surface area contributed by atoms with E-state index in [1.165, 1.54) is 16.8 Å². The zero-order valence-corrected chi connectivity index (χ0v) is 16.5. The van der Waals surface area contributed by atoms with Gasteiger partial charge in [-0.25, -0.2) is 4.68 Å². The largest absolute Gasteiger partial charge is 0.344 e. The van der Waals surface area contributed by atoms with Crippen molar-refractivity contribution < 1.29 is 4.79 Å². The van der Waals surface area contributed by atoms with E-state index in [0.29, 0.717) is 6.54 Å². The first kappa shape index (κ1) is 19.0. The van der Waals surface area contributed by atoms with Crippen LogP contribution in [0.25, 0.3) is 0 Å². The summed E-state index contributed by atoms with van der Waals surface area (Å²) < 4.78 is 2.30. The quantitative estimate of drug-likeness (QED) is 0.650. The number of rotatable bonds is 6. The Hall–Kier alpha value is -2.73. The highest BCUT2D eigenvalue weighted by Crippen LogP contribution is 2.19. The minimum absolute atomic E-state index is 0.123. The van der Waals surface area contributed by atoms with Crippen LogP contribution in [0.15, 0.2) is 76.0 Å². The number of carbonyl (C=O) groups excluding carboxylic acids is 1. The topological polar surface area (TPSA) is 64.0 Å². The number of nitrogens with one attached hydrogen (secondary N) is 1. The molecule has 0 aliphatic carbocycles. The highest BCUT2D eigenvalue weighted by Gasteiger charge is 2.16. The van der Waals surface area contributed by atoms with Gasteiger partial charge in [0, 0.05) is 10.5 Å². The van der Waals surface area contributed by atoms with Gasteiger partial charge in [0.2, 0.25) is 0 Å². The average Bonchev–Trinajstić information content (AvgIpc) is 2.69. The molecule has 1 heterocycles. The van der Waals surface area contributed by atoms with Crippen molar-refractivity contribution in [3.05, 3.63) is 98.4 Å². The zero-order valence-electron chi connectivity index (χ0n) is 14.9. The molecule has 0 bridgehead atoms. The van der Waals surface area contributed by atoms with Gasteiger partial charge < -0.3 is 5.32 Å². The van der Waals surface area contributed by atoms with Crippen LogP contribution in [0.1, 0.15) is 41.0 Å². The lowest BCUT2D eigenvalue weighted by Gasteiger charge is -2.17. The third-order valence-electron chi connectivity index (χ3n) is 4.26. The fourth-order valence-corrected chi connectivity index (χ4v) is 3.05.